The number of nitrogens with zero attached hydrogens (tertiary/aromatic N) is 3. The summed E-state index contributed by atoms with van der Waals surface area (Å²) in [5, 5.41) is 8.06. The van der Waals surface area contributed by atoms with Gasteiger partial charge in [-0.3, -0.25) is 9.59 Å². The van der Waals surface area contributed by atoms with Crippen LogP contribution < -0.4 is 10.6 Å². The maximum atomic E-state index is 13.7. The minimum Gasteiger partial charge on any atom is -0.378 e. The molecule has 2 amide bonds. The number of anilines is 2. The molecule has 1 saturated heterocycles. The molecule has 33 heavy (non-hydrogen) atoms. The first-order valence-electron chi connectivity index (χ1n) is 10.6. The van der Waals surface area contributed by atoms with E-state index in [1.54, 1.807) is 34.7 Å². The molecule has 2 N–H and O–H groups in total. The van der Waals surface area contributed by atoms with E-state index in [4.69, 9.17) is 4.74 Å². The molecule has 1 aromatic carbocycles. The maximum absolute atomic E-state index is 13.7. The Labute approximate surface area is 194 Å². The Bertz CT molecular complexity index is 1090. The molecule has 2 aromatic heterocycles. The summed E-state index contributed by atoms with van der Waals surface area (Å²) in [7, 11) is 0. The van der Waals surface area contributed by atoms with Gasteiger partial charge in [0.1, 0.15) is 17.3 Å². The lowest BCUT2D eigenvalue weighted by Gasteiger charge is -2.30. The third-order valence-electron chi connectivity index (χ3n) is 5.19. The molecule has 8 nitrogen and oxygen atoms in total. The second kappa shape index (κ2) is 11.0. The third-order valence-corrected chi connectivity index (χ3v) is 5.95. The molecule has 172 valence electrons. The van der Waals surface area contributed by atoms with Gasteiger partial charge < -0.3 is 20.3 Å². The van der Waals surface area contributed by atoms with Crippen LogP contribution in [-0.4, -0.2) is 59.5 Å². The van der Waals surface area contributed by atoms with Crippen molar-refractivity contribution in [3.63, 3.8) is 0 Å². The molecule has 3 aromatic rings. The highest BCUT2D eigenvalue weighted by Gasteiger charge is 2.27. The number of carbonyl (C=O) groups excluding carboxylic acids is 2. The van der Waals surface area contributed by atoms with Crippen LogP contribution in [0.2, 0.25) is 0 Å². The van der Waals surface area contributed by atoms with Crippen LogP contribution >= 0.6 is 11.3 Å². The Hall–Kier alpha value is -3.37. The van der Waals surface area contributed by atoms with Crippen LogP contribution in [0.25, 0.3) is 0 Å². The quantitative estimate of drug-likeness (QED) is 0.527. The number of rotatable bonds is 8. The van der Waals surface area contributed by atoms with Gasteiger partial charge in [-0.2, -0.15) is 0 Å². The van der Waals surface area contributed by atoms with E-state index in [0.29, 0.717) is 49.2 Å². The van der Waals surface area contributed by atoms with Crippen molar-refractivity contribution in [2.75, 3.05) is 38.2 Å². The molecule has 0 radical (unpaired) electrons. The number of carbonyl (C=O) groups is 2. The standard InChI is InChI=1S/C23H24FN5O3S/c24-18-5-3-4-16(13-18)12-17(22(31)29-8-10-32-11-9-29)14-26-21(30)19-15-33-23(27-19)28-20-6-1-2-7-25-20/h1-7,13,15,17H,8-12,14H2,(H,26,30)(H,25,27,28). The van der Waals surface area contributed by atoms with E-state index >= 15 is 0 Å². The van der Waals surface area contributed by atoms with Crippen molar-refractivity contribution in [2.45, 2.75) is 6.42 Å². The Morgan fingerprint density at radius 1 is 1.18 bits per heavy atom. The summed E-state index contributed by atoms with van der Waals surface area (Å²) >= 11 is 1.29. The van der Waals surface area contributed by atoms with Gasteiger partial charge in [-0.05, 0) is 36.2 Å². The van der Waals surface area contributed by atoms with Crippen LogP contribution in [-0.2, 0) is 16.0 Å². The van der Waals surface area contributed by atoms with Crippen LogP contribution in [0.15, 0.2) is 54.0 Å². The highest BCUT2D eigenvalue weighted by Crippen LogP contribution is 2.20. The first-order valence-corrected chi connectivity index (χ1v) is 11.5. The summed E-state index contributed by atoms with van der Waals surface area (Å²) in [5.74, 6) is -0.717. The molecule has 0 aliphatic carbocycles. The lowest BCUT2D eigenvalue weighted by Crippen LogP contribution is -2.47. The topological polar surface area (TPSA) is 96.5 Å². The SMILES string of the molecule is O=C(NCC(Cc1cccc(F)c1)C(=O)N1CCOCC1)c1csc(Nc2ccccn2)n1. The van der Waals surface area contributed by atoms with E-state index in [-0.39, 0.29) is 29.9 Å². The molecule has 0 bridgehead atoms. The van der Waals surface area contributed by atoms with E-state index in [2.05, 4.69) is 20.6 Å². The lowest BCUT2D eigenvalue weighted by molar-refractivity contribution is -0.139. The Balaban J connectivity index is 1.41. The zero-order valence-electron chi connectivity index (χ0n) is 17.9. The first kappa shape index (κ1) is 22.8. The second-order valence-corrected chi connectivity index (χ2v) is 8.41. The number of aromatic nitrogens is 2. The maximum Gasteiger partial charge on any atom is 0.270 e. The zero-order chi connectivity index (χ0) is 23.0. The smallest absolute Gasteiger partial charge is 0.270 e. The van der Waals surface area contributed by atoms with Crippen molar-refractivity contribution in [1.29, 1.82) is 0 Å². The summed E-state index contributed by atoms with van der Waals surface area (Å²) in [6.45, 7) is 2.08. The van der Waals surface area contributed by atoms with Gasteiger partial charge in [-0.25, -0.2) is 14.4 Å². The molecule has 3 heterocycles. The van der Waals surface area contributed by atoms with Gasteiger partial charge in [0.15, 0.2) is 5.13 Å². The van der Waals surface area contributed by atoms with Gasteiger partial charge in [0.05, 0.1) is 19.1 Å². The molecule has 1 unspecified atom stereocenters. The zero-order valence-corrected chi connectivity index (χ0v) is 18.7. The van der Waals surface area contributed by atoms with E-state index in [0.717, 1.165) is 0 Å². The van der Waals surface area contributed by atoms with Gasteiger partial charge >= 0.3 is 0 Å². The van der Waals surface area contributed by atoms with Gasteiger partial charge in [-0.1, -0.05) is 18.2 Å². The van der Waals surface area contributed by atoms with Crippen LogP contribution in [0.4, 0.5) is 15.3 Å². The van der Waals surface area contributed by atoms with Crippen LogP contribution in [0.3, 0.4) is 0 Å². The molecular weight excluding hydrogens is 445 g/mol. The van der Waals surface area contributed by atoms with Crippen molar-refractivity contribution >= 4 is 34.1 Å². The number of morpholine rings is 1. The molecule has 1 aliphatic heterocycles. The number of halogens is 1. The largest absolute Gasteiger partial charge is 0.378 e. The highest BCUT2D eigenvalue weighted by molar-refractivity contribution is 7.14. The molecule has 0 spiro atoms. The van der Waals surface area contributed by atoms with Crippen molar-refractivity contribution in [1.82, 2.24) is 20.2 Å². The number of hydrogen-bond donors (Lipinski definition) is 2. The van der Waals surface area contributed by atoms with E-state index < -0.39 is 5.92 Å². The molecular formula is C23H24FN5O3S. The molecule has 0 saturated carbocycles. The monoisotopic (exact) mass is 469 g/mol. The minimum absolute atomic E-state index is 0.0846. The summed E-state index contributed by atoms with van der Waals surface area (Å²) in [6, 6.07) is 11.6. The normalized spacial score (nSPS) is 14.5. The molecule has 10 heteroatoms. The summed E-state index contributed by atoms with van der Waals surface area (Å²) in [5.41, 5.74) is 0.952. The number of amides is 2. The third kappa shape index (κ3) is 6.33. The minimum atomic E-state index is -0.529. The molecule has 4 rings (SSSR count). The van der Waals surface area contributed by atoms with E-state index in [9.17, 15) is 14.0 Å². The number of hydrogen-bond acceptors (Lipinski definition) is 7. The van der Waals surface area contributed by atoms with Crippen LogP contribution in [0, 0.1) is 11.7 Å². The number of thiazole rings is 1. The van der Waals surface area contributed by atoms with E-state index in [1.807, 2.05) is 12.1 Å². The fourth-order valence-corrected chi connectivity index (χ4v) is 4.22. The number of nitrogens with one attached hydrogen (secondary N) is 2. The van der Waals surface area contributed by atoms with Crippen LogP contribution in [0.5, 0.6) is 0 Å². The van der Waals surface area contributed by atoms with E-state index in [1.165, 1.54) is 23.5 Å². The van der Waals surface area contributed by atoms with Crippen molar-refractivity contribution in [2.24, 2.45) is 5.92 Å². The predicted molar refractivity (Wildman–Crippen MR) is 123 cm³/mol. The fourth-order valence-electron chi connectivity index (χ4n) is 3.53. The highest BCUT2D eigenvalue weighted by atomic mass is 32.1. The van der Waals surface area contributed by atoms with Crippen molar-refractivity contribution in [3.05, 3.63) is 71.1 Å². The fraction of sp³-hybridized carbons (Fsp3) is 0.304. The summed E-state index contributed by atoms with van der Waals surface area (Å²) in [6.07, 6.45) is 1.98. The van der Waals surface area contributed by atoms with Gasteiger partial charge in [-0.15, -0.1) is 11.3 Å². The van der Waals surface area contributed by atoms with Gasteiger partial charge in [0, 0.05) is 31.2 Å². The van der Waals surface area contributed by atoms with Crippen LogP contribution in [0.1, 0.15) is 16.1 Å². The average molecular weight is 470 g/mol. The second-order valence-electron chi connectivity index (χ2n) is 7.56. The number of pyridine rings is 1. The average Bonchev–Trinajstić information content (AvgIpc) is 3.31. The Kier molecular flexibility index (Phi) is 7.59. The van der Waals surface area contributed by atoms with Gasteiger partial charge in [0.2, 0.25) is 5.91 Å². The Morgan fingerprint density at radius 3 is 2.79 bits per heavy atom. The molecule has 1 aliphatic rings. The van der Waals surface area contributed by atoms with Crippen molar-refractivity contribution in [3.8, 4) is 0 Å². The number of ether oxygens (including phenoxy) is 1. The van der Waals surface area contributed by atoms with Crippen molar-refractivity contribution < 1.29 is 18.7 Å². The predicted octanol–water partition coefficient (Wildman–Crippen LogP) is 2.87. The first-order chi connectivity index (χ1) is 16.1. The lowest BCUT2D eigenvalue weighted by atomic mass is 9.97. The Morgan fingerprint density at radius 2 is 2.03 bits per heavy atom. The molecule has 1 fully saturated rings. The summed E-state index contributed by atoms with van der Waals surface area (Å²) in [4.78, 5) is 36.1. The van der Waals surface area contributed by atoms with Gasteiger partial charge in [0.25, 0.3) is 5.91 Å². The molecule has 1 atom stereocenters. The number of benzene rings is 1. The summed E-state index contributed by atoms with van der Waals surface area (Å²) < 4.78 is 19.0.